The molecular weight excluding hydrogens is 302 g/mol. The summed E-state index contributed by atoms with van der Waals surface area (Å²) in [7, 11) is 0. The van der Waals surface area contributed by atoms with Crippen molar-refractivity contribution < 1.29 is 4.79 Å². The maximum absolute atomic E-state index is 11.3. The quantitative estimate of drug-likeness (QED) is 0.912. The van der Waals surface area contributed by atoms with Crippen LogP contribution in [0.3, 0.4) is 0 Å². The minimum absolute atomic E-state index is 0.0204. The Labute approximate surface area is 112 Å². The predicted octanol–water partition coefficient (Wildman–Crippen LogP) is 2.61. The van der Waals surface area contributed by atoms with Crippen molar-refractivity contribution in [2.75, 3.05) is 18.4 Å². The van der Waals surface area contributed by atoms with Crippen LogP contribution < -0.4 is 10.6 Å². The summed E-state index contributed by atoms with van der Waals surface area (Å²) in [5, 5.41) is 6.51. The van der Waals surface area contributed by atoms with E-state index in [1.54, 1.807) is 11.3 Å². The second-order valence-corrected chi connectivity index (χ2v) is 5.38. The van der Waals surface area contributed by atoms with Crippen LogP contribution in [0.15, 0.2) is 22.7 Å². The number of likely N-dealkylation sites (N-methyl/N-ethyl adjacent to an activating group) is 1. The summed E-state index contributed by atoms with van der Waals surface area (Å²) in [6.07, 6.45) is 0. The van der Waals surface area contributed by atoms with Crippen molar-refractivity contribution in [1.29, 1.82) is 0 Å². The molecule has 0 bridgehead atoms. The number of hydrogen-bond acceptors (Lipinski definition) is 4. The summed E-state index contributed by atoms with van der Waals surface area (Å²) >= 11 is 4.95. The summed E-state index contributed by atoms with van der Waals surface area (Å²) in [6.45, 7) is 2.80. The van der Waals surface area contributed by atoms with Gasteiger partial charge in [-0.3, -0.25) is 4.79 Å². The van der Waals surface area contributed by atoms with Crippen molar-refractivity contribution in [2.24, 2.45) is 0 Å². The first-order valence-electron chi connectivity index (χ1n) is 5.25. The number of nitrogens with zero attached hydrogens (tertiary/aromatic N) is 1. The molecule has 0 saturated heterocycles. The molecule has 1 amide bonds. The summed E-state index contributed by atoms with van der Waals surface area (Å²) in [4.78, 5) is 15.7. The Morgan fingerprint density at radius 3 is 3.12 bits per heavy atom. The molecule has 2 aromatic rings. The maximum atomic E-state index is 11.3. The largest absolute Gasteiger partial charge is 0.355 e. The van der Waals surface area contributed by atoms with Crippen LogP contribution in [0, 0.1) is 0 Å². The van der Waals surface area contributed by atoms with Crippen LogP contribution in [-0.4, -0.2) is 24.0 Å². The molecule has 1 aromatic heterocycles. The third-order valence-electron chi connectivity index (χ3n) is 2.12. The van der Waals surface area contributed by atoms with Gasteiger partial charge in [0.05, 0.1) is 16.8 Å². The molecule has 1 aromatic carbocycles. The fourth-order valence-corrected chi connectivity index (χ4v) is 2.58. The van der Waals surface area contributed by atoms with E-state index in [2.05, 4.69) is 31.5 Å². The monoisotopic (exact) mass is 313 g/mol. The number of hydrogen-bond donors (Lipinski definition) is 2. The Hall–Kier alpha value is -1.14. The molecule has 4 nitrogen and oxygen atoms in total. The van der Waals surface area contributed by atoms with Gasteiger partial charge in [-0.15, -0.1) is 0 Å². The first-order chi connectivity index (χ1) is 8.19. The lowest BCUT2D eigenvalue weighted by Crippen LogP contribution is -2.29. The first kappa shape index (κ1) is 12.3. The van der Waals surface area contributed by atoms with E-state index in [-0.39, 0.29) is 12.5 Å². The SMILES string of the molecule is CCNC(=O)CNc1nc2cc(Br)ccc2s1. The van der Waals surface area contributed by atoms with Crippen molar-refractivity contribution in [3.8, 4) is 0 Å². The number of amides is 1. The molecular formula is C11H12BrN3OS. The molecule has 0 fully saturated rings. The average molecular weight is 314 g/mol. The molecule has 0 spiro atoms. The molecule has 2 N–H and O–H groups in total. The Bertz CT molecular complexity index is 540. The van der Waals surface area contributed by atoms with Gasteiger partial charge in [0.1, 0.15) is 0 Å². The lowest BCUT2D eigenvalue weighted by atomic mass is 10.3. The zero-order chi connectivity index (χ0) is 12.3. The highest BCUT2D eigenvalue weighted by Crippen LogP contribution is 2.27. The highest BCUT2D eigenvalue weighted by molar-refractivity contribution is 9.10. The third-order valence-corrected chi connectivity index (χ3v) is 3.61. The Kier molecular flexibility index (Phi) is 3.96. The molecule has 2 rings (SSSR count). The summed E-state index contributed by atoms with van der Waals surface area (Å²) < 4.78 is 2.11. The number of halogens is 1. The van der Waals surface area contributed by atoms with E-state index in [1.165, 1.54) is 0 Å². The molecule has 0 unspecified atom stereocenters. The van der Waals surface area contributed by atoms with Crippen LogP contribution in [0.5, 0.6) is 0 Å². The predicted molar refractivity (Wildman–Crippen MR) is 74.5 cm³/mol. The average Bonchev–Trinajstić information content (AvgIpc) is 2.68. The molecule has 6 heteroatoms. The van der Waals surface area contributed by atoms with Crippen LogP contribution >= 0.6 is 27.3 Å². The molecule has 0 saturated carbocycles. The van der Waals surface area contributed by atoms with E-state index in [9.17, 15) is 4.79 Å². The number of nitrogens with one attached hydrogen (secondary N) is 2. The van der Waals surface area contributed by atoms with E-state index in [0.717, 1.165) is 19.8 Å². The van der Waals surface area contributed by atoms with Gasteiger partial charge in [-0.1, -0.05) is 27.3 Å². The normalized spacial score (nSPS) is 10.5. The Morgan fingerprint density at radius 1 is 1.53 bits per heavy atom. The minimum Gasteiger partial charge on any atom is -0.355 e. The number of anilines is 1. The Morgan fingerprint density at radius 2 is 2.35 bits per heavy atom. The fraction of sp³-hybridized carbons (Fsp3) is 0.273. The summed E-state index contributed by atoms with van der Waals surface area (Å²) in [5.74, 6) is -0.0204. The fourth-order valence-electron chi connectivity index (χ4n) is 1.39. The van der Waals surface area contributed by atoms with Crippen LogP contribution in [-0.2, 0) is 4.79 Å². The summed E-state index contributed by atoms with van der Waals surface area (Å²) in [6, 6.07) is 5.95. The maximum Gasteiger partial charge on any atom is 0.239 e. The van der Waals surface area contributed by atoms with Crippen molar-refractivity contribution in [3.05, 3.63) is 22.7 Å². The zero-order valence-electron chi connectivity index (χ0n) is 9.29. The lowest BCUT2D eigenvalue weighted by molar-refractivity contribution is -0.119. The number of aromatic nitrogens is 1. The molecule has 17 heavy (non-hydrogen) atoms. The van der Waals surface area contributed by atoms with Crippen LogP contribution in [0.2, 0.25) is 0 Å². The van der Waals surface area contributed by atoms with E-state index < -0.39 is 0 Å². The lowest BCUT2D eigenvalue weighted by Gasteiger charge is -2.01. The number of benzene rings is 1. The van der Waals surface area contributed by atoms with Crippen molar-refractivity contribution in [2.45, 2.75) is 6.92 Å². The zero-order valence-corrected chi connectivity index (χ0v) is 11.7. The number of rotatable bonds is 4. The van der Waals surface area contributed by atoms with E-state index in [1.807, 2.05) is 25.1 Å². The molecule has 0 atom stereocenters. The van der Waals surface area contributed by atoms with Gasteiger partial charge in [0, 0.05) is 11.0 Å². The molecule has 0 aliphatic heterocycles. The standard InChI is InChI=1S/C11H12BrN3OS/c1-2-13-10(16)6-14-11-15-8-5-7(12)3-4-9(8)17-11/h3-5H,2,6H2,1H3,(H,13,16)(H,14,15). The molecule has 0 aliphatic carbocycles. The van der Waals surface area contributed by atoms with Gasteiger partial charge in [0.15, 0.2) is 5.13 Å². The topological polar surface area (TPSA) is 54.0 Å². The van der Waals surface area contributed by atoms with Gasteiger partial charge in [0.25, 0.3) is 0 Å². The smallest absolute Gasteiger partial charge is 0.239 e. The minimum atomic E-state index is -0.0204. The molecule has 0 radical (unpaired) electrons. The number of carbonyl (C=O) groups excluding carboxylic acids is 1. The molecule has 0 aliphatic rings. The van der Waals surface area contributed by atoms with Gasteiger partial charge >= 0.3 is 0 Å². The van der Waals surface area contributed by atoms with E-state index in [4.69, 9.17) is 0 Å². The third kappa shape index (κ3) is 3.17. The Balaban J connectivity index is 2.07. The van der Waals surface area contributed by atoms with Gasteiger partial charge in [-0.05, 0) is 25.1 Å². The van der Waals surface area contributed by atoms with Crippen LogP contribution in [0.1, 0.15) is 6.92 Å². The number of fused-ring (bicyclic) bond motifs is 1. The van der Waals surface area contributed by atoms with Crippen LogP contribution in [0.25, 0.3) is 10.2 Å². The highest BCUT2D eigenvalue weighted by atomic mass is 79.9. The first-order valence-corrected chi connectivity index (χ1v) is 6.86. The van der Waals surface area contributed by atoms with Crippen molar-refractivity contribution in [3.63, 3.8) is 0 Å². The van der Waals surface area contributed by atoms with Gasteiger partial charge < -0.3 is 10.6 Å². The van der Waals surface area contributed by atoms with Gasteiger partial charge in [-0.2, -0.15) is 0 Å². The van der Waals surface area contributed by atoms with E-state index >= 15 is 0 Å². The second-order valence-electron chi connectivity index (χ2n) is 3.44. The van der Waals surface area contributed by atoms with Crippen molar-refractivity contribution >= 4 is 48.5 Å². The van der Waals surface area contributed by atoms with Crippen LogP contribution in [0.4, 0.5) is 5.13 Å². The number of thiazole rings is 1. The summed E-state index contributed by atoms with van der Waals surface area (Å²) in [5.41, 5.74) is 0.933. The second kappa shape index (κ2) is 5.46. The number of carbonyl (C=O) groups is 1. The van der Waals surface area contributed by atoms with Crippen molar-refractivity contribution in [1.82, 2.24) is 10.3 Å². The van der Waals surface area contributed by atoms with Gasteiger partial charge in [-0.25, -0.2) is 4.98 Å². The highest BCUT2D eigenvalue weighted by Gasteiger charge is 2.05. The molecule has 1 heterocycles. The molecule has 90 valence electrons. The van der Waals surface area contributed by atoms with Gasteiger partial charge in [0.2, 0.25) is 5.91 Å². The van der Waals surface area contributed by atoms with E-state index in [0.29, 0.717) is 6.54 Å².